The third-order valence-corrected chi connectivity index (χ3v) is 6.93. The first-order chi connectivity index (χ1) is 12.5. The van der Waals surface area contributed by atoms with Crippen molar-refractivity contribution in [1.29, 1.82) is 5.26 Å². The highest BCUT2D eigenvalue weighted by Crippen LogP contribution is 2.28. The molecule has 7 nitrogen and oxygen atoms in total. The predicted molar refractivity (Wildman–Crippen MR) is 97.9 cm³/mol. The van der Waals surface area contributed by atoms with Crippen LogP contribution in [0.2, 0.25) is 0 Å². The van der Waals surface area contributed by atoms with Crippen molar-refractivity contribution in [2.45, 2.75) is 49.0 Å². The van der Waals surface area contributed by atoms with Gasteiger partial charge in [0.15, 0.2) is 0 Å². The molecule has 1 aliphatic heterocycles. The standard InChI is InChI=1S/C18H24N4O3S/c19-14-18(8-1-2-9-18)21-17(23)13-20-15-6-5-7-16(12-15)26(24,25)22-10-3-4-11-22/h5-7,12,20H,1-4,8-11,13H2,(H,21,23). The topological polar surface area (TPSA) is 102 Å². The summed E-state index contributed by atoms with van der Waals surface area (Å²) in [6, 6.07) is 8.74. The Kier molecular flexibility index (Phi) is 5.49. The third kappa shape index (κ3) is 4.00. The first-order valence-electron chi connectivity index (χ1n) is 9.02. The van der Waals surface area contributed by atoms with E-state index in [1.807, 2.05) is 0 Å². The number of amides is 1. The van der Waals surface area contributed by atoms with Crippen LogP contribution in [0.1, 0.15) is 38.5 Å². The Labute approximate surface area is 154 Å². The van der Waals surface area contributed by atoms with E-state index >= 15 is 0 Å². The first kappa shape index (κ1) is 18.7. The number of sulfonamides is 1. The van der Waals surface area contributed by atoms with Crippen molar-refractivity contribution in [3.05, 3.63) is 24.3 Å². The van der Waals surface area contributed by atoms with Gasteiger partial charge in [-0.1, -0.05) is 6.07 Å². The number of benzene rings is 1. The molecule has 0 bridgehead atoms. The van der Waals surface area contributed by atoms with Gasteiger partial charge in [0.1, 0.15) is 5.54 Å². The number of rotatable bonds is 6. The van der Waals surface area contributed by atoms with Gasteiger partial charge in [-0.3, -0.25) is 4.79 Å². The van der Waals surface area contributed by atoms with Crippen molar-refractivity contribution in [3.8, 4) is 6.07 Å². The lowest BCUT2D eigenvalue weighted by atomic mass is 10.00. The second-order valence-electron chi connectivity index (χ2n) is 6.94. The lowest BCUT2D eigenvalue weighted by Gasteiger charge is -2.22. The van der Waals surface area contributed by atoms with E-state index in [9.17, 15) is 18.5 Å². The van der Waals surface area contributed by atoms with Gasteiger partial charge in [0.05, 0.1) is 17.5 Å². The minimum atomic E-state index is -3.48. The van der Waals surface area contributed by atoms with E-state index in [1.54, 1.807) is 24.3 Å². The van der Waals surface area contributed by atoms with Gasteiger partial charge in [0.25, 0.3) is 0 Å². The SMILES string of the molecule is N#CC1(NC(=O)CNc2cccc(S(=O)(=O)N3CCCC3)c2)CCCC1. The summed E-state index contributed by atoms with van der Waals surface area (Å²) >= 11 is 0. The van der Waals surface area contributed by atoms with Crippen LogP contribution in [-0.4, -0.2) is 43.8 Å². The Morgan fingerprint density at radius 3 is 2.54 bits per heavy atom. The fourth-order valence-corrected chi connectivity index (χ4v) is 5.14. The van der Waals surface area contributed by atoms with Gasteiger partial charge in [-0.05, 0) is 56.7 Å². The summed E-state index contributed by atoms with van der Waals surface area (Å²) < 4.78 is 26.7. The molecule has 1 aromatic carbocycles. The normalized spacial score (nSPS) is 19.8. The van der Waals surface area contributed by atoms with Gasteiger partial charge >= 0.3 is 0 Å². The molecule has 2 fully saturated rings. The van der Waals surface area contributed by atoms with Gasteiger partial charge in [-0.2, -0.15) is 9.57 Å². The van der Waals surface area contributed by atoms with E-state index in [4.69, 9.17) is 0 Å². The number of nitrogens with one attached hydrogen (secondary N) is 2. The summed E-state index contributed by atoms with van der Waals surface area (Å²) in [4.78, 5) is 12.4. The smallest absolute Gasteiger partial charge is 0.243 e. The molecule has 8 heteroatoms. The molecule has 2 aliphatic rings. The number of nitrogens with zero attached hydrogens (tertiary/aromatic N) is 2. The lowest BCUT2D eigenvalue weighted by Crippen LogP contribution is -2.47. The molecule has 140 valence electrons. The number of hydrogen-bond acceptors (Lipinski definition) is 5. The molecule has 0 radical (unpaired) electrons. The highest BCUT2D eigenvalue weighted by Gasteiger charge is 2.35. The van der Waals surface area contributed by atoms with E-state index in [1.165, 1.54) is 4.31 Å². The zero-order chi connectivity index (χ0) is 18.6. The molecule has 3 rings (SSSR count). The summed E-state index contributed by atoms with van der Waals surface area (Å²) in [6.07, 6.45) is 5.02. The molecule has 2 N–H and O–H groups in total. The molecule has 1 aromatic rings. The van der Waals surface area contributed by atoms with E-state index in [-0.39, 0.29) is 17.3 Å². The summed E-state index contributed by atoms with van der Waals surface area (Å²) in [5.41, 5.74) is -0.183. The minimum Gasteiger partial charge on any atom is -0.376 e. The molecule has 26 heavy (non-hydrogen) atoms. The predicted octanol–water partition coefficient (Wildman–Crippen LogP) is 1.84. The Balaban J connectivity index is 1.62. The van der Waals surface area contributed by atoms with Crippen LogP contribution in [-0.2, 0) is 14.8 Å². The molecule has 1 heterocycles. The quantitative estimate of drug-likeness (QED) is 0.789. The van der Waals surface area contributed by atoms with Gasteiger partial charge in [-0.15, -0.1) is 0 Å². The van der Waals surface area contributed by atoms with Crippen LogP contribution < -0.4 is 10.6 Å². The van der Waals surface area contributed by atoms with Crippen molar-refractivity contribution >= 4 is 21.6 Å². The average Bonchev–Trinajstić information content (AvgIpc) is 3.33. The molecule has 1 saturated heterocycles. The van der Waals surface area contributed by atoms with Crippen molar-refractivity contribution in [2.24, 2.45) is 0 Å². The minimum absolute atomic E-state index is 0.00333. The Morgan fingerprint density at radius 2 is 1.88 bits per heavy atom. The molecule has 0 aromatic heterocycles. The molecule has 1 aliphatic carbocycles. The second-order valence-corrected chi connectivity index (χ2v) is 8.88. The molecule has 1 saturated carbocycles. The molecular formula is C18H24N4O3S. The summed E-state index contributed by atoms with van der Waals surface area (Å²) in [5.74, 6) is -0.263. The molecule has 0 spiro atoms. The maximum absolute atomic E-state index is 12.6. The molecule has 0 unspecified atom stereocenters. The van der Waals surface area contributed by atoms with Crippen molar-refractivity contribution in [3.63, 3.8) is 0 Å². The van der Waals surface area contributed by atoms with Crippen LogP contribution in [0.3, 0.4) is 0 Å². The number of anilines is 1. The van der Waals surface area contributed by atoms with Gasteiger partial charge in [0.2, 0.25) is 15.9 Å². The summed E-state index contributed by atoms with van der Waals surface area (Å²) in [5, 5.41) is 15.1. The highest BCUT2D eigenvalue weighted by atomic mass is 32.2. The summed E-state index contributed by atoms with van der Waals surface area (Å²) in [6.45, 7) is 1.11. The van der Waals surface area contributed by atoms with Gasteiger partial charge in [-0.25, -0.2) is 8.42 Å². The van der Waals surface area contributed by atoms with Crippen molar-refractivity contribution in [2.75, 3.05) is 25.0 Å². The van der Waals surface area contributed by atoms with Gasteiger partial charge in [0, 0.05) is 18.8 Å². The Hall–Kier alpha value is -2.11. The van der Waals surface area contributed by atoms with Crippen LogP contribution in [0.25, 0.3) is 0 Å². The van der Waals surface area contributed by atoms with Crippen LogP contribution in [0.4, 0.5) is 5.69 Å². The van der Waals surface area contributed by atoms with Gasteiger partial charge < -0.3 is 10.6 Å². The zero-order valence-corrected chi connectivity index (χ0v) is 15.5. The van der Waals surface area contributed by atoms with E-state index < -0.39 is 15.6 Å². The monoisotopic (exact) mass is 376 g/mol. The number of hydrogen-bond donors (Lipinski definition) is 2. The lowest BCUT2D eigenvalue weighted by molar-refractivity contribution is -0.120. The van der Waals surface area contributed by atoms with E-state index in [0.29, 0.717) is 31.6 Å². The van der Waals surface area contributed by atoms with Crippen molar-refractivity contribution < 1.29 is 13.2 Å². The van der Waals surface area contributed by atoms with Crippen molar-refractivity contribution in [1.82, 2.24) is 9.62 Å². The van der Waals surface area contributed by atoms with E-state index in [0.717, 1.165) is 25.7 Å². The number of carbonyl (C=O) groups excluding carboxylic acids is 1. The second kappa shape index (κ2) is 7.64. The van der Waals surface area contributed by atoms with E-state index in [2.05, 4.69) is 16.7 Å². The maximum Gasteiger partial charge on any atom is 0.243 e. The van der Waals surface area contributed by atoms with Crippen LogP contribution in [0, 0.1) is 11.3 Å². The first-order valence-corrected chi connectivity index (χ1v) is 10.5. The van der Waals surface area contributed by atoms with Crippen LogP contribution in [0.15, 0.2) is 29.2 Å². The maximum atomic E-state index is 12.6. The molecule has 0 atom stereocenters. The fourth-order valence-electron chi connectivity index (χ4n) is 3.58. The third-order valence-electron chi connectivity index (χ3n) is 5.04. The largest absolute Gasteiger partial charge is 0.376 e. The average molecular weight is 376 g/mol. The molecular weight excluding hydrogens is 352 g/mol. The number of carbonyl (C=O) groups is 1. The fraction of sp³-hybridized carbons (Fsp3) is 0.556. The Morgan fingerprint density at radius 1 is 1.19 bits per heavy atom. The zero-order valence-electron chi connectivity index (χ0n) is 14.7. The Bertz CT molecular complexity index is 804. The van der Waals surface area contributed by atoms with Crippen LogP contribution >= 0.6 is 0 Å². The summed E-state index contributed by atoms with van der Waals surface area (Å²) in [7, 11) is -3.48. The highest BCUT2D eigenvalue weighted by molar-refractivity contribution is 7.89. The number of nitriles is 1. The van der Waals surface area contributed by atoms with Crippen LogP contribution in [0.5, 0.6) is 0 Å². The molecule has 1 amide bonds.